The van der Waals surface area contributed by atoms with Crippen molar-refractivity contribution in [3.05, 3.63) is 29.3 Å². The Morgan fingerprint density at radius 1 is 1.37 bits per heavy atom. The van der Waals surface area contributed by atoms with Gasteiger partial charge in [-0.05, 0) is 69.3 Å². The number of hydrogen-bond donors (Lipinski definition) is 0. The van der Waals surface area contributed by atoms with Crippen LogP contribution in [0.4, 0.5) is 0 Å². The van der Waals surface area contributed by atoms with Crippen LogP contribution in [0.5, 0.6) is 5.75 Å². The van der Waals surface area contributed by atoms with E-state index < -0.39 is 0 Å². The number of piperidine rings is 1. The quantitative estimate of drug-likeness (QED) is 0.797. The molecule has 2 fully saturated rings. The molecule has 0 aliphatic carbocycles. The van der Waals surface area contributed by atoms with E-state index in [9.17, 15) is 4.79 Å². The first-order chi connectivity index (χ1) is 13.1. The molecule has 0 bridgehead atoms. The zero-order chi connectivity index (χ0) is 18.9. The number of nitrogens with zero attached hydrogens (tertiary/aromatic N) is 2. The molecule has 0 saturated carbocycles. The second kappa shape index (κ2) is 7.80. The highest BCUT2D eigenvalue weighted by atomic mass is 16.5. The Bertz CT molecular complexity index is 682. The molecule has 3 aliphatic rings. The van der Waals surface area contributed by atoms with Gasteiger partial charge in [-0.15, -0.1) is 0 Å². The van der Waals surface area contributed by atoms with Gasteiger partial charge in [0.1, 0.15) is 5.75 Å². The molecule has 3 aliphatic heterocycles. The summed E-state index contributed by atoms with van der Waals surface area (Å²) in [5, 5.41) is 0. The van der Waals surface area contributed by atoms with Gasteiger partial charge in [-0.2, -0.15) is 0 Å². The first-order valence-corrected chi connectivity index (χ1v) is 10.4. The number of aryl methyl sites for hydroxylation is 1. The lowest BCUT2D eigenvalue weighted by atomic mass is 9.75. The van der Waals surface area contributed by atoms with Crippen LogP contribution in [-0.2, 0) is 22.4 Å². The Balaban J connectivity index is 1.34. The summed E-state index contributed by atoms with van der Waals surface area (Å²) in [5.41, 5.74) is 2.52. The van der Waals surface area contributed by atoms with Crippen molar-refractivity contribution in [2.75, 3.05) is 46.5 Å². The average Bonchev–Trinajstić information content (AvgIpc) is 2.65. The van der Waals surface area contributed by atoms with Gasteiger partial charge in [-0.1, -0.05) is 12.1 Å². The van der Waals surface area contributed by atoms with E-state index in [0.29, 0.717) is 12.3 Å². The Kier molecular flexibility index (Phi) is 5.42. The van der Waals surface area contributed by atoms with Crippen molar-refractivity contribution < 1.29 is 14.3 Å². The Hall–Kier alpha value is -1.59. The topological polar surface area (TPSA) is 42.0 Å². The maximum Gasteiger partial charge on any atom is 0.227 e. The molecule has 27 heavy (non-hydrogen) atoms. The van der Waals surface area contributed by atoms with Gasteiger partial charge < -0.3 is 14.4 Å². The van der Waals surface area contributed by atoms with E-state index in [0.717, 1.165) is 70.0 Å². The molecular weight excluding hydrogens is 340 g/mol. The van der Waals surface area contributed by atoms with E-state index in [-0.39, 0.29) is 11.4 Å². The molecule has 0 radical (unpaired) electrons. The number of fused-ring (bicyclic) bond motifs is 1. The van der Waals surface area contributed by atoms with Gasteiger partial charge in [-0.3, -0.25) is 9.69 Å². The third kappa shape index (κ3) is 3.85. The van der Waals surface area contributed by atoms with Crippen LogP contribution < -0.4 is 4.74 Å². The van der Waals surface area contributed by atoms with Crippen molar-refractivity contribution in [1.82, 2.24) is 9.80 Å². The molecule has 5 nitrogen and oxygen atoms in total. The molecule has 4 rings (SSSR count). The van der Waals surface area contributed by atoms with Crippen molar-refractivity contribution in [1.29, 1.82) is 0 Å². The fourth-order valence-corrected chi connectivity index (χ4v) is 4.86. The number of benzene rings is 1. The smallest absolute Gasteiger partial charge is 0.227 e. The molecule has 1 amide bonds. The van der Waals surface area contributed by atoms with E-state index in [1.54, 1.807) is 0 Å². The number of ether oxygens (including phenoxy) is 2. The predicted octanol–water partition coefficient (Wildman–Crippen LogP) is 2.51. The first kappa shape index (κ1) is 18.8. The van der Waals surface area contributed by atoms with Gasteiger partial charge >= 0.3 is 0 Å². The molecule has 1 atom stereocenters. The van der Waals surface area contributed by atoms with E-state index in [2.05, 4.69) is 24.9 Å². The zero-order valence-corrected chi connectivity index (χ0v) is 16.7. The highest BCUT2D eigenvalue weighted by Gasteiger charge is 2.50. The number of likely N-dealkylation sites (tertiary alicyclic amines) is 2. The van der Waals surface area contributed by atoms with Crippen LogP contribution in [-0.4, -0.2) is 67.7 Å². The van der Waals surface area contributed by atoms with Crippen LogP contribution in [0.25, 0.3) is 0 Å². The Labute approximate surface area is 162 Å². The van der Waals surface area contributed by atoms with Gasteiger partial charge in [0.05, 0.1) is 18.6 Å². The van der Waals surface area contributed by atoms with Crippen LogP contribution in [0.15, 0.2) is 18.2 Å². The van der Waals surface area contributed by atoms with Crippen LogP contribution in [0.1, 0.15) is 37.3 Å². The van der Waals surface area contributed by atoms with Crippen LogP contribution in [0.3, 0.4) is 0 Å². The van der Waals surface area contributed by atoms with Gasteiger partial charge in [0, 0.05) is 26.3 Å². The molecule has 148 valence electrons. The minimum atomic E-state index is 0.166. The molecular formula is C22H32N2O3. The van der Waals surface area contributed by atoms with Crippen molar-refractivity contribution in [3.8, 4) is 5.75 Å². The first-order valence-electron chi connectivity index (χ1n) is 10.4. The third-order valence-corrected chi connectivity index (χ3v) is 6.56. The normalized spacial score (nSPS) is 24.2. The summed E-state index contributed by atoms with van der Waals surface area (Å²) in [6.45, 7) is 7.33. The number of carbonyl (C=O) groups is 1. The zero-order valence-electron chi connectivity index (χ0n) is 16.7. The molecule has 0 aromatic heterocycles. The lowest BCUT2D eigenvalue weighted by Crippen LogP contribution is -2.72. The summed E-state index contributed by atoms with van der Waals surface area (Å²) in [5.74, 6) is 1.86. The highest BCUT2D eigenvalue weighted by molar-refractivity contribution is 5.80. The standard InChI is InChI=1S/C22H32N2O3/c1-3-26-14-18-8-9-23(2)22(13-18)15-24(16-22)21(25)12-17-6-7-20-19(11-17)5-4-10-27-20/h6-7,11,18H,3-5,8-10,12-16H2,1-2H3. The summed E-state index contributed by atoms with van der Waals surface area (Å²) < 4.78 is 11.3. The number of rotatable bonds is 5. The Morgan fingerprint density at radius 3 is 3.04 bits per heavy atom. The largest absolute Gasteiger partial charge is 0.493 e. The summed E-state index contributed by atoms with van der Waals surface area (Å²) in [4.78, 5) is 17.3. The summed E-state index contributed by atoms with van der Waals surface area (Å²) >= 11 is 0. The van der Waals surface area contributed by atoms with Gasteiger partial charge in [0.15, 0.2) is 0 Å². The molecule has 1 aromatic carbocycles. The van der Waals surface area contributed by atoms with Crippen molar-refractivity contribution in [3.63, 3.8) is 0 Å². The van der Waals surface area contributed by atoms with Gasteiger partial charge in [-0.25, -0.2) is 0 Å². The second-order valence-corrected chi connectivity index (χ2v) is 8.48. The minimum absolute atomic E-state index is 0.166. The number of hydrogen-bond acceptors (Lipinski definition) is 4. The molecule has 5 heteroatoms. The fraction of sp³-hybridized carbons (Fsp3) is 0.682. The number of likely N-dealkylation sites (N-methyl/N-ethyl adjacent to an activating group) is 1. The predicted molar refractivity (Wildman–Crippen MR) is 105 cm³/mol. The summed E-state index contributed by atoms with van der Waals surface area (Å²) in [6, 6.07) is 6.23. The summed E-state index contributed by atoms with van der Waals surface area (Å²) in [6.07, 6.45) is 4.95. The van der Waals surface area contributed by atoms with Crippen LogP contribution in [0.2, 0.25) is 0 Å². The fourth-order valence-electron chi connectivity index (χ4n) is 4.86. The van der Waals surface area contributed by atoms with E-state index in [1.807, 2.05) is 17.0 Å². The summed E-state index contributed by atoms with van der Waals surface area (Å²) in [7, 11) is 2.21. The van der Waals surface area contributed by atoms with Crippen molar-refractivity contribution in [2.45, 2.75) is 44.6 Å². The third-order valence-electron chi connectivity index (χ3n) is 6.56. The van der Waals surface area contributed by atoms with Crippen LogP contribution >= 0.6 is 0 Å². The molecule has 2 saturated heterocycles. The molecule has 1 aromatic rings. The average molecular weight is 373 g/mol. The van der Waals surface area contributed by atoms with Crippen molar-refractivity contribution in [2.24, 2.45) is 5.92 Å². The number of amides is 1. The lowest BCUT2D eigenvalue weighted by molar-refractivity contribution is -0.150. The van der Waals surface area contributed by atoms with Gasteiger partial charge in [0.2, 0.25) is 5.91 Å². The molecule has 3 heterocycles. The lowest BCUT2D eigenvalue weighted by Gasteiger charge is -2.58. The van der Waals surface area contributed by atoms with E-state index >= 15 is 0 Å². The molecule has 0 N–H and O–H groups in total. The molecule has 1 spiro atoms. The second-order valence-electron chi connectivity index (χ2n) is 8.48. The SMILES string of the molecule is CCOCC1CCN(C)C2(C1)CN(C(=O)Cc1ccc3c(c1)CCCO3)C2. The van der Waals surface area contributed by atoms with Gasteiger partial charge in [0.25, 0.3) is 0 Å². The van der Waals surface area contributed by atoms with Crippen LogP contribution in [0, 0.1) is 5.92 Å². The van der Waals surface area contributed by atoms with Crippen molar-refractivity contribution >= 4 is 5.91 Å². The highest BCUT2D eigenvalue weighted by Crippen LogP contribution is 2.38. The maximum absolute atomic E-state index is 12.8. The van der Waals surface area contributed by atoms with E-state index in [1.165, 1.54) is 12.0 Å². The molecule has 1 unspecified atom stereocenters. The maximum atomic E-state index is 12.8. The Morgan fingerprint density at radius 2 is 2.22 bits per heavy atom. The monoisotopic (exact) mass is 372 g/mol. The minimum Gasteiger partial charge on any atom is -0.493 e. The van der Waals surface area contributed by atoms with E-state index in [4.69, 9.17) is 9.47 Å². The number of carbonyl (C=O) groups excluding carboxylic acids is 1.